The fourth-order valence-electron chi connectivity index (χ4n) is 5.58. The molecule has 8 heteroatoms. The number of halogens is 4. The predicted octanol–water partition coefficient (Wildman–Crippen LogP) is 5.69. The summed E-state index contributed by atoms with van der Waals surface area (Å²) < 4.78 is 29.1. The summed E-state index contributed by atoms with van der Waals surface area (Å²) in [6, 6.07) is 5.97. The number of nitrogens with one attached hydrogen (secondary N) is 2. The highest BCUT2D eigenvalue weighted by Crippen LogP contribution is 2.57. The average molecular weight is 489 g/mol. The topological polar surface area (TPSA) is 58.2 Å². The highest BCUT2D eigenvalue weighted by molar-refractivity contribution is 6.31. The van der Waals surface area contributed by atoms with Gasteiger partial charge in [0.25, 0.3) is 0 Å². The Bertz CT molecular complexity index is 1260. The minimum atomic E-state index is -1.39. The van der Waals surface area contributed by atoms with Crippen LogP contribution in [0.1, 0.15) is 35.6 Å². The lowest BCUT2D eigenvalue weighted by atomic mass is 9.56. The molecule has 1 aliphatic carbocycles. The number of piperidine rings is 1. The molecule has 0 aromatic heterocycles. The molecule has 4 atom stereocenters. The second-order valence-corrected chi connectivity index (χ2v) is 9.71. The number of hydrogen-bond donors (Lipinski definition) is 2. The maximum absolute atomic E-state index is 14.8. The highest BCUT2D eigenvalue weighted by atomic mass is 35.5. The number of fused-ring (bicyclic) bond motifs is 2. The van der Waals surface area contributed by atoms with Crippen LogP contribution in [0.5, 0.6) is 0 Å². The largest absolute Gasteiger partial charge is 0.348 e. The molecule has 2 amide bonds. The molecule has 1 unspecified atom stereocenters. The standard InChI is InChI=1S/C25H20Cl2F2N2O2/c1-12-5-6-15(28)8-16(12)23-25(18-9-20(29)19(27)11-21(18)30-24(25)33)17(10-22(32)31-23)13-3-2-4-14(26)7-13/h2-6,8-9,11,13,17,23H,7,10H2,1H3,(H,30,33)(H,31,32)/t13?,17-,23-,25+/m0/s1. The van der Waals surface area contributed by atoms with Crippen LogP contribution in [0, 0.1) is 30.4 Å². The van der Waals surface area contributed by atoms with E-state index in [1.54, 1.807) is 25.1 Å². The van der Waals surface area contributed by atoms with E-state index in [1.165, 1.54) is 24.3 Å². The minimum absolute atomic E-state index is 0.0289. The Balaban J connectivity index is 1.80. The number of amides is 2. The molecule has 5 rings (SSSR count). The molecule has 0 saturated carbocycles. The Hall–Kier alpha value is -2.70. The van der Waals surface area contributed by atoms with Crippen LogP contribution in [0.15, 0.2) is 53.6 Å². The van der Waals surface area contributed by atoms with Crippen molar-refractivity contribution in [2.75, 3.05) is 5.32 Å². The molecular weight excluding hydrogens is 469 g/mol. The Labute approximate surface area is 199 Å². The summed E-state index contributed by atoms with van der Waals surface area (Å²) in [5.74, 6) is -2.65. The lowest BCUT2D eigenvalue weighted by molar-refractivity contribution is -0.135. The van der Waals surface area contributed by atoms with Crippen molar-refractivity contribution in [1.82, 2.24) is 5.32 Å². The van der Waals surface area contributed by atoms with Crippen LogP contribution in [0.4, 0.5) is 14.5 Å². The number of aryl methyl sites for hydroxylation is 1. The van der Waals surface area contributed by atoms with Gasteiger partial charge in [0.15, 0.2) is 0 Å². The summed E-state index contributed by atoms with van der Waals surface area (Å²) in [6.07, 6.45) is 5.95. The van der Waals surface area contributed by atoms with Crippen LogP contribution >= 0.6 is 23.2 Å². The van der Waals surface area contributed by atoms with Gasteiger partial charge in [-0.15, -0.1) is 0 Å². The van der Waals surface area contributed by atoms with Crippen LogP contribution < -0.4 is 10.6 Å². The number of allylic oxidation sites excluding steroid dienone is 4. The molecule has 33 heavy (non-hydrogen) atoms. The molecule has 0 bridgehead atoms. The lowest BCUT2D eigenvalue weighted by Crippen LogP contribution is -2.59. The third kappa shape index (κ3) is 3.39. The van der Waals surface area contributed by atoms with E-state index in [0.29, 0.717) is 33.8 Å². The van der Waals surface area contributed by atoms with E-state index in [9.17, 15) is 18.4 Å². The van der Waals surface area contributed by atoms with E-state index in [2.05, 4.69) is 10.6 Å². The first-order valence-corrected chi connectivity index (χ1v) is 11.4. The molecule has 3 aliphatic rings. The Kier molecular flexibility index (Phi) is 5.33. The summed E-state index contributed by atoms with van der Waals surface area (Å²) in [4.78, 5) is 26.8. The molecule has 4 nitrogen and oxygen atoms in total. The number of rotatable bonds is 2. The maximum atomic E-state index is 14.8. The quantitative estimate of drug-likeness (QED) is 0.570. The SMILES string of the molecule is Cc1ccc(F)cc1[C@@H]1NC(=O)C[C@@H](C2C=CC=C(Cl)C2)[C@]12C(=O)Nc1cc(Cl)c(F)cc12. The zero-order valence-electron chi connectivity index (χ0n) is 17.6. The van der Waals surface area contributed by atoms with Gasteiger partial charge in [-0.25, -0.2) is 8.78 Å². The summed E-state index contributed by atoms with van der Waals surface area (Å²) >= 11 is 12.3. The summed E-state index contributed by atoms with van der Waals surface area (Å²) in [6.45, 7) is 1.79. The molecule has 2 aliphatic heterocycles. The molecule has 2 aromatic carbocycles. The van der Waals surface area contributed by atoms with Gasteiger partial charge in [0.05, 0.1) is 11.1 Å². The Morgan fingerprint density at radius 2 is 1.88 bits per heavy atom. The number of hydrogen-bond acceptors (Lipinski definition) is 2. The molecular formula is C25H20Cl2F2N2O2. The molecule has 1 fully saturated rings. The van der Waals surface area contributed by atoms with Crippen molar-refractivity contribution in [2.45, 2.75) is 31.2 Å². The second kappa shape index (κ2) is 7.96. The Morgan fingerprint density at radius 1 is 1.09 bits per heavy atom. The summed E-state index contributed by atoms with van der Waals surface area (Å²) in [5.41, 5.74) is 0.555. The van der Waals surface area contributed by atoms with Crippen LogP contribution in [0.2, 0.25) is 5.02 Å². The van der Waals surface area contributed by atoms with E-state index in [1.807, 2.05) is 6.08 Å². The number of carbonyl (C=O) groups is 2. The first-order chi connectivity index (χ1) is 15.7. The van der Waals surface area contributed by atoms with Crippen LogP contribution in [-0.4, -0.2) is 11.8 Å². The third-order valence-corrected chi connectivity index (χ3v) is 7.59. The first kappa shape index (κ1) is 22.1. The van der Waals surface area contributed by atoms with Gasteiger partial charge in [0.1, 0.15) is 17.0 Å². The fourth-order valence-corrected chi connectivity index (χ4v) is 5.99. The van der Waals surface area contributed by atoms with Gasteiger partial charge in [0, 0.05) is 17.1 Å². The molecule has 1 saturated heterocycles. The van der Waals surface area contributed by atoms with Gasteiger partial charge in [-0.3, -0.25) is 9.59 Å². The van der Waals surface area contributed by atoms with Crippen LogP contribution in [0.3, 0.4) is 0 Å². The van der Waals surface area contributed by atoms with Crippen molar-refractivity contribution in [3.05, 3.63) is 86.9 Å². The molecule has 1 spiro atoms. The van der Waals surface area contributed by atoms with E-state index in [4.69, 9.17) is 23.2 Å². The van der Waals surface area contributed by atoms with Gasteiger partial charge in [0.2, 0.25) is 11.8 Å². The van der Waals surface area contributed by atoms with E-state index in [-0.39, 0.29) is 23.3 Å². The Morgan fingerprint density at radius 3 is 2.64 bits per heavy atom. The van der Waals surface area contributed by atoms with Crippen molar-refractivity contribution in [3.63, 3.8) is 0 Å². The normalized spacial score (nSPS) is 28.4. The number of anilines is 1. The molecule has 2 N–H and O–H groups in total. The number of carbonyl (C=O) groups excluding carboxylic acids is 2. The second-order valence-electron chi connectivity index (χ2n) is 8.81. The van der Waals surface area contributed by atoms with Gasteiger partial charge in [-0.1, -0.05) is 41.4 Å². The van der Waals surface area contributed by atoms with Crippen molar-refractivity contribution >= 4 is 40.7 Å². The average Bonchev–Trinajstić information content (AvgIpc) is 3.03. The summed E-state index contributed by atoms with van der Waals surface area (Å²) in [7, 11) is 0. The maximum Gasteiger partial charge on any atom is 0.237 e. The van der Waals surface area contributed by atoms with Crippen LogP contribution in [-0.2, 0) is 15.0 Å². The van der Waals surface area contributed by atoms with Gasteiger partial charge in [-0.2, -0.15) is 0 Å². The van der Waals surface area contributed by atoms with Crippen LogP contribution in [0.25, 0.3) is 0 Å². The van der Waals surface area contributed by atoms with Gasteiger partial charge in [-0.05, 0) is 72.2 Å². The first-order valence-electron chi connectivity index (χ1n) is 10.6. The zero-order chi connectivity index (χ0) is 23.5. The molecule has 0 radical (unpaired) electrons. The summed E-state index contributed by atoms with van der Waals surface area (Å²) in [5, 5.41) is 6.25. The minimum Gasteiger partial charge on any atom is -0.348 e. The van der Waals surface area contributed by atoms with E-state index >= 15 is 0 Å². The lowest BCUT2D eigenvalue weighted by Gasteiger charge is -2.49. The molecule has 170 valence electrons. The molecule has 2 heterocycles. The predicted molar refractivity (Wildman–Crippen MR) is 123 cm³/mol. The smallest absolute Gasteiger partial charge is 0.237 e. The third-order valence-electron chi connectivity index (χ3n) is 7.02. The number of benzene rings is 2. The van der Waals surface area contributed by atoms with E-state index in [0.717, 1.165) is 0 Å². The monoisotopic (exact) mass is 488 g/mol. The zero-order valence-corrected chi connectivity index (χ0v) is 19.1. The van der Waals surface area contributed by atoms with Crippen molar-refractivity contribution in [2.24, 2.45) is 11.8 Å². The highest BCUT2D eigenvalue weighted by Gasteiger charge is 2.62. The van der Waals surface area contributed by atoms with Crippen molar-refractivity contribution in [1.29, 1.82) is 0 Å². The van der Waals surface area contributed by atoms with Gasteiger partial charge < -0.3 is 10.6 Å². The van der Waals surface area contributed by atoms with Crippen molar-refractivity contribution < 1.29 is 18.4 Å². The fraction of sp³-hybridized carbons (Fsp3) is 0.280. The van der Waals surface area contributed by atoms with Gasteiger partial charge >= 0.3 is 0 Å². The van der Waals surface area contributed by atoms with Crippen molar-refractivity contribution in [3.8, 4) is 0 Å². The van der Waals surface area contributed by atoms with E-state index < -0.39 is 34.9 Å². The molecule has 2 aromatic rings.